The minimum Gasteiger partial charge on any atom is -0.227 e. The second kappa shape index (κ2) is 4.79. The molecule has 1 atom stereocenters. The van der Waals surface area contributed by atoms with E-state index in [4.69, 9.17) is 5.26 Å². The molecule has 1 saturated carbocycles. The van der Waals surface area contributed by atoms with Crippen molar-refractivity contribution in [3.8, 4) is 6.07 Å². The van der Waals surface area contributed by atoms with Gasteiger partial charge in [-0.25, -0.2) is 8.42 Å². The molecule has 80 valence electrons. The molecule has 1 aliphatic carbocycles. The number of hydrogen-bond acceptors (Lipinski definition) is 3. The van der Waals surface area contributed by atoms with Crippen LogP contribution in [-0.2, 0) is 9.84 Å². The van der Waals surface area contributed by atoms with Gasteiger partial charge in [0.15, 0.2) is 15.1 Å². The van der Waals surface area contributed by atoms with Gasteiger partial charge in [-0.05, 0) is 18.8 Å². The Bertz CT molecular complexity index is 310. The van der Waals surface area contributed by atoms with Crippen LogP contribution in [0.4, 0.5) is 0 Å². The third kappa shape index (κ3) is 2.48. The van der Waals surface area contributed by atoms with E-state index < -0.39 is 15.1 Å². The molecule has 0 saturated heterocycles. The van der Waals surface area contributed by atoms with Crippen molar-refractivity contribution < 1.29 is 8.42 Å². The Balaban J connectivity index is 2.76. The van der Waals surface area contributed by atoms with Crippen LogP contribution >= 0.6 is 0 Å². The molecule has 0 heterocycles. The topological polar surface area (TPSA) is 57.9 Å². The molecular weight excluding hydrogens is 198 g/mol. The summed E-state index contributed by atoms with van der Waals surface area (Å²) >= 11 is 0. The number of nitriles is 1. The summed E-state index contributed by atoms with van der Waals surface area (Å²) in [5.41, 5.74) is 0. The van der Waals surface area contributed by atoms with Crippen LogP contribution < -0.4 is 0 Å². The highest BCUT2D eigenvalue weighted by Gasteiger charge is 2.32. The van der Waals surface area contributed by atoms with Crippen LogP contribution in [0, 0.1) is 17.2 Å². The zero-order valence-electron chi connectivity index (χ0n) is 8.57. The van der Waals surface area contributed by atoms with Crippen LogP contribution in [0.3, 0.4) is 0 Å². The number of rotatable bonds is 3. The Hall–Kier alpha value is -0.560. The van der Waals surface area contributed by atoms with Crippen LogP contribution in [0.5, 0.6) is 0 Å². The summed E-state index contributed by atoms with van der Waals surface area (Å²) in [6, 6.07) is 1.98. The van der Waals surface area contributed by atoms with E-state index >= 15 is 0 Å². The minimum atomic E-state index is -3.17. The van der Waals surface area contributed by atoms with Crippen molar-refractivity contribution >= 4 is 9.84 Å². The summed E-state index contributed by atoms with van der Waals surface area (Å²) in [5, 5.41) is 8.16. The predicted octanol–water partition coefficient (Wildman–Crippen LogP) is 1.89. The van der Waals surface area contributed by atoms with Gasteiger partial charge in [0.05, 0.1) is 6.07 Å². The molecule has 4 heteroatoms. The lowest BCUT2D eigenvalue weighted by Gasteiger charge is -2.25. The Morgan fingerprint density at radius 2 is 1.93 bits per heavy atom. The van der Waals surface area contributed by atoms with Gasteiger partial charge in [0, 0.05) is 5.75 Å². The van der Waals surface area contributed by atoms with Gasteiger partial charge in [-0.2, -0.15) is 5.26 Å². The largest absolute Gasteiger partial charge is 0.227 e. The maximum atomic E-state index is 11.6. The van der Waals surface area contributed by atoms with Gasteiger partial charge in [0.2, 0.25) is 0 Å². The first kappa shape index (κ1) is 11.5. The van der Waals surface area contributed by atoms with Crippen molar-refractivity contribution in [2.24, 2.45) is 5.92 Å². The average molecular weight is 215 g/mol. The monoisotopic (exact) mass is 215 g/mol. The van der Waals surface area contributed by atoms with Gasteiger partial charge in [0.1, 0.15) is 0 Å². The first-order chi connectivity index (χ1) is 6.61. The lowest BCUT2D eigenvalue weighted by atomic mass is 9.87. The molecule has 0 aromatic carbocycles. The normalized spacial score (nSPS) is 21.4. The maximum Gasteiger partial charge on any atom is 0.166 e. The van der Waals surface area contributed by atoms with Gasteiger partial charge >= 0.3 is 0 Å². The Morgan fingerprint density at radius 1 is 1.36 bits per heavy atom. The molecule has 0 N–H and O–H groups in total. The smallest absolute Gasteiger partial charge is 0.166 e. The average Bonchev–Trinajstić information content (AvgIpc) is 2.20. The first-order valence-corrected chi connectivity index (χ1v) is 6.94. The lowest BCUT2D eigenvalue weighted by molar-refractivity contribution is 0.363. The fraction of sp³-hybridized carbons (Fsp3) is 0.900. The van der Waals surface area contributed by atoms with E-state index in [1.807, 2.05) is 6.07 Å². The van der Waals surface area contributed by atoms with Crippen molar-refractivity contribution in [2.75, 3.05) is 5.75 Å². The molecule has 3 nitrogen and oxygen atoms in total. The van der Waals surface area contributed by atoms with Gasteiger partial charge < -0.3 is 0 Å². The summed E-state index contributed by atoms with van der Waals surface area (Å²) in [5.74, 6) is 0.167. The Labute approximate surface area is 86.0 Å². The summed E-state index contributed by atoms with van der Waals surface area (Å²) in [6.45, 7) is 1.61. The van der Waals surface area contributed by atoms with Crippen molar-refractivity contribution in [1.29, 1.82) is 5.26 Å². The molecule has 1 fully saturated rings. The van der Waals surface area contributed by atoms with Crippen molar-refractivity contribution in [3.63, 3.8) is 0 Å². The van der Waals surface area contributed by atoms with E-state index in [0.717, 1.165) is 25.7 Å². The van der Waals surface area contributed by atoms with E-state index in [1.54, 1.807) is 6.92 Å². The number of sulfone groups is 1. The molecular formula is C10H17NO2S. The van der Waals surface area contributed by atoms with Gasteiger partial charge in [-0.1, -0.05) is 26.2 Å². The molecule has 14 heavy (non-hydrogen) atoms. The van der Waals surface area contributed by atoms with E-state index in [2.05, 4.69) is 0 Å². The van der Waals surface area contributed by atoms with E-state index in [-0.39, 0.29) is 11.7 Å². The zero-order chi connectivity index (χ0) is 10.6. The van der Waals surface area contributed by atoms with Gasteiger partial charge in [-0.15, -0.1) is 0 Å². The molecule has 0 amide bonds. The predicted molar refractivity (Wildman–Crippen MR) is 55.4 cm³/mol. The summed E-state index contributed by atoms with van der Waals surface area (Å²) in [4.78, 5) is 0. The fourth-order valence-corrected chi connectivity index (χ4v) is 3.47. The number of nitrogens with zero attached hydrogens (tertiary/aromatic N) is 1. The highest BCUT2D eigenvalue weighted by Crippen LogP contribution is 2.29. The zero-order valence-corrected chi connectivity index (χ0v) is 9.39. The van der Waals surface area contributed by atoms with Crippen LogP contribution in [0.25, 0.3) is 0 Å². The standard InChI is InChI=1S/C10H17NO2S/c1-2-14(12,13)10(8-11)9-6-4-3-5-7-9/h9-10H,2-7H2,1H3/t10-/m1/s1. The molecule has 1 aliphatic rings. The third-order valence-electron chi connectivity index (χ3n) is 2.99. The second-order valence-corrected chi connectivity index (χ2v) is 6.31. The van der Waals surface area contributed by atoms with E-state index in [0.29, 0.717) is 0 Å². The molecule has 0 bridgehead atoms. The third-order valence-corrected chi connectivity index (χ3v) is 5.06. The highest BCUT2D eigenvalue weighted by molar-refractivity contribution is 7.92. The molecule has 1 rings (SSSR count). The highest BCUT2D eigenvalue weighted by atomic mass is 32.2. The summed E-state index contributed by atoms with van der Waals surface area (Å²) < 4.78 is 23.2. The molecule has 0 spiro atoms. The molecule has 0 radical (unpaired) electrons. The van der Waals surface area contributed by atoms with Crippen LogP contribution in [0.1, 0.15) is 39.0 Å². The van der Waals surface area contributed by atoms with Gasteiger partial charge in [0.25, 0.3) is 0 Å². The molecule has 0 aromatic heterocycles. The Morgan fingerprint density at radius 3 is 2.36 bits per heavy atom. The molecule has 0 aliphatic heterocycles. The van der Waals surface area contributed by atoms with Crippen LogP contribution in [0.2, 0.25) is 0 Å². The second-order valence-electron chi connectivity index (χ2n) is 3.90. The minimum absolute atomic E-state index is 0.0821. The summed E-state index contributed by atoms with van der Waals surface area (Å²) in [6.07, 6.45) is 5.12. The molecule has 0 aromatic rings. The van der Waals surface area contributed by atoms with Crippen molar-refractivity contribution in [3.05, 3.63) is 0 Å². The van der Waals surface area contributed by atoms with E-state index in [9.17, 15) is 8.42 Å². The Kier molecular flexibility index (Phi) is 3.94. The van der Waals surface area contributed by atoms with Crippen LogP contribution in [0.15, 0.2) is 0 Å². The number of hydrogen-bond donors (Lipinski definition) is 0. The van der Waals surface area contributed by atoms with E-state index in [1.165, 1.54) is 6.42 Å². The van der Waals surface area contributed by atoms with Crippen molar-refractivity contribution in [2.45, 2.75) is 44.3 Å². The fourth-order valence-electron chi connectivity index (χ4n) is 2.10. The molecule has 0 unspecified atom stereocenters. The lowest BCUT2D eigenvalue weighted by Crippen LogP contribution is -2.31. The van der Waals surface area contributed by atoms with Crippen LogP contribution in [-0.4, -0.2) is 19.4 Å². The van der Waals surface area contributed by atoms with Crippen molar-refractivity contribution in [1.82, 2.24) is 0 Å². The summed E-state index contributed by atoms with van der Waals surface area (Å²) in [7, 11) is -3.17. The van der Waals surface area contributed by atoms with Gasteiger partial charge in [-0.3, -0.25) is 0 Å². The quantitative estimate of drug-likeness (QED) is 0.722. The SMILES string of the molecule is CCS(=O)(=O)[C@H](C#N)C1CCCCC1. The maximum absolute atomic E-state index is 11.6. The first-order valence-electron chi connectivity index (χ1n) is 5.23.